The van der Waals surface area contributed by atoms with Gasteiger partial charge in [-0.1, -0.05) is 32.9 Å². The normalized spacial score (nSPS) is 22.7. The Hall–Kier alpha value is -1.38. The summed E-state index contributed by atoms with van der Waals surface area (Å²) in [4.78, 5) is 11.8. The molecule has 15 heavy (non-hydrogen) atoms. The van der Waals surface area contributed by atoms with Crippen LogP contribution in [0.25, 0.3) is 6.08 Å². The third-order valence-electron chi connectivity index (χ3n) is 2.44. The number of hydrogen-bond donors (Lipinski definition) is 1. The highest BCUT2D eigenvalue weighted by molar-refractivity contribution is 5.36. The van der Waals surface area contributed by atoms with Gasteiger partial charge in [0.1, 0.15) is 0 Å². The number of allylic oxidation sites excluding steroid dienone is 1. The van der Waals surface area contributed by atoms with E-state index in [1.54, 1.807) is 6.33 Å². The minimum Gasteiger partial charge on any atom is -0.343 e. The van der Waals surface area contributed by atoms with Crippen LogP contribution < -0.4 is 10.8 Å². The van der Waals surface area contributed by atoms with Crippen molar-refractivity contribution in [3.05, 3.63) is 29.3 Å². The fraction of sp³-hybridized carbons (Fsp3) is 0.500. The minimum atomic E-state index is -0.100. The van der Waals surface area contributed by atoms with Crippen LogP contribution in [0, 0.1) is 0 Å². The molecule has 2 heterocycles. The van der Waals surface area contributed by atoms with Crippen LogP contribution in [0.1, 0.15) is 34.1 Å². The molecule has 1 aromatic heterocycles. The Morgan fingerprint density at radius 3 is 2.80 bits per heavy atom. The van der Waals surface area contributed by atoms with E-state index in [9.17, 15) is 0 Å². The van der Waals surface area contributed by atoms with E-state index in [1.165, 1.54) is 0 Å². The van der Waals surface area contributed by atoms with Crippen LogP contribution in [0.3, 0.4) is 0 Å². The maximum atomic E-state index is 4.59. The molecule has 1 unspecified atom stereocenters. The topological polar surface area (TPSA) is 41.0 Å². The van der Waals surface area contributed by atoms with Crippen molar-refractivity contribution < 1.29 is 0 Å². The van der Waals surface area contributed by atoms with Gasteiger partial charge in [0.25, 0.3) is 0 Å². The van der Waals surface area contributed by atoms with E-state index < -0.39 is 0 Å². The van der Waals surface area contributed by atoms with Crippen LogP contribution in [-0.4, -0.2) is 15.5 Å². The lowest BCUT2D eigenvalue weighted by atomic mass is 10.00. The van der Waals surface area contributed by atoms with Gasteiger partial charge >= 0.3 is 0 Å². The summed E-state index contributed by atoms with van der Waals surface area (Å²) in [5, 5.41) is 0.994. The van der Waals surface area contributed by atoms with Crippen LogP contribution in [0.2, 0.25) is 0 Å². The average Bonchev–Trinajstić information content (AvgIpc) is 2.62. The summed E-state index contributed by atoms with van der Waals surface area (Å²) in [7, 11) is 0. The minimum absolute atomic E-state index is 0.100. The molecule has 0 saturated heterocycles. The molecule has 0 amide bonds. The second-order valence-electron chi connectivity index (χ2n) is 3.49. The van der Waals surface area contributed by atoms with Gasteiger partial charge in [0.05, 0.1) is 17.2 Å². The quantitative estimate of drug-likeness (QED) is 0.743. The number of nitrogens with zero attached hydrogens (tertiary/aromatic N) is 2. The zero-order chi connectivity index (χ0) is 11.3. The van der Waals surface area contributed by atoms with Crippen LogP contribution >= 0.6 is 0 Å². The van der Waals surface area contributed by atoms with E-state index in [0.717, 1.165) is 17.3 Å². The Morgan fingerprint density at radius 1 is 1.40 bits per heavy atom. The van der Waals surface area contributed by atoms with E-state index in [4.69, 9.17) is 0 Å². The summed E-state index contributed by atoms with van der Waals surface area (Å²) < 4.78 is 0. The van der Waals surface area contributed by atoms with E-state index in [-0.39, 0.29) is 5.54 Å². The van der Waals surface area contributed by atoms with Crippen LogP contribution in [0.4, 0.5) is 0 Å². The smallest absolute Gasteiger partial charge is 0.173 e. The fourth-order valence-corrected chi connectivity index (χ4v) is 1.34. The van der Waals surface area contributed by atoms with Crippen LogP contribution in [-0.2, 0) is 0 Å². The number of rotatable bonds is 1. The summed E-state index contributed by atoms with van der Waals surface area (Å²) >= 11 is 0. The lowest BCUT2D eigenvalue weighted by Gasteiger charge is -2.16. The number of fused-ring (bicyclic) bond motifs is 1. The second-order valence-corrected chi connectivity index (χ2v) is 3.49. The van der Waals surface area contributed by atoms with Crippen molar-refractivity contribution in [2.45, 2.75) is 39.7 Å². The second kappa shape index (κ2) is 4.91. The third-order valence-corrected chi connectivity index (χ3v) is 2.44. The first kappa shape index (κ1) is 11.7. The first-order valence-corrected chi connectivity index (χ1v) is 5.52. The van der Waals surface area contributed by atoms with E-state index in [0.29, 0.717) is 0 Å². The van der Waals surface area contributed by atoms with Gasteiger partial charge in [-0.2, -0.15) is 0 Å². The lowest BCUT2D eigenvalue weighted by molar-refractivity contribution is 0.549. The zero-order valence-electron chi connectivity index (χ0n) is 9.91. The largest absolute Gasteiger partial charge is 0.343 e. The van der Waals surface area contributed by atoms with Gasteiger partial charge in [0, 0.05) is 0 Å². The predicted octanol–water partition coefficient (Wildman–Crippen LogP) is 1.57. The molecule has 0 saturated carbocycles. The van der Waals surface area contributed by atoms with Crippen molar-refractivity contribution in [1.29, 1.82) is 0 Å². The van der Waals surface area contributed by atoms with Crippen molar-refractivity contribution in [1.82, 2.24) is 9.97 Å². The number of aromatic nitrogens is 2. The van der Waals surface area contributed by atoms with Crippen LogP contribution in [0.15, 0.2) is 23.5 Å². The number of imidazole rings is 1. The molecule has 0 radical (unpaired) electrons. The highest BCUT2D eigenvalue weighted by atomic mass is 15.0. The molecular formula is C12H19N3. The van der Waals surface area contributed by atoms with Crippen molar-refractivity contribution in [2.75, 3.05) is 0 Å². The summed E-state index contributed by atoms with van der Waals surface area (Å²) in [5.41, 5.74) is 0.714. The molecule has 1 atom stereocenters. The molecule has 3 heteroatoms. The van der Waals surface area contributed by atoms with E-state index in [2.05, 4.69) is 34.9 Å². The molecule has 2 rings (SSSR count). The molecular weight excluding hydrogens is 186 g/mol. The number of nitrogens with one attached hydrogen (secondary N) is 1. The van der Waals surface area contributed by atoms with Crippen LogP contribution in [0.5, 0.6) is 0 Å². The predicted molar refractivity (Wildman–Crippen MR) is 63.0 cm³/mol. The maximum Gasteiger partial charge on any atom is 0.173 e. The van der Waals surface area contributed by atoms with Gasteiger partial charge in [-0.05, 0) is 19.4 Å². The molecule has 1 aliphatic rings. The molecule has 0 fully saturated rings. The van der Waals surface area contributed by atoms with Crippen molar-refractivity contribution in [3.8, 4) is 0 Å². The Morgan fingerprint density at radius 2 is 2.13 bits per heavy atom. The molecule has 0 bridgehead atoms. The lowest BCUT2D eigenvalue weighted by Crippen LogP contribution is -2.29. The average molecular weight is 205 g/mol. The van der Waals surface area contributed by atoms with Gasteiger partial charge in [0.2, 0.25) is 0 Å². The van der Waals surface area contributed by atoms with Crippen molar-refractivity contribution in [2.24, 2.45) is 4.99 Å². The summed E-state index contributed by atoms with van der Waals surface area (Å²) in [6, 6.07) is 0. The number of hydrogen-bond acceptors (Lipinski definition) is 2. The molecule has 1 aromatic rings. The standard InChI is InChI=1S/C10H13N3.C2H6/c1-3-10(2)6-4-5-8-9(13-10)12-7-11-8;1-2/h4-7H,3H2,1-2H3,(H,11,12,13);1-2H3. The van der Waals surface area contributed by atoms with Gasteiger partial charge < -0.3 is 4.98 Å². The molecule has 1 N–H and O–H groups in total. The van der Waals surface area contributed by atoms with Gasteiger partial charge in [-0.3, -0.25) is 4.99 Å². The molecule has 82 valence electrons. The zero-order valence-corrected chi connectivity index (χ0v) is 9.91. The number of H-pyrrole nitrogens is 1. The van der Waals surface area contributed by atoms with Crippen molar-refractivity contribution in [3.63, 3.8) is 0 Å². The summed E-state index contributed by atoms with van der Waals surface area (Å²) in [6.07, 6.45) is 8.83. The maximum absolute atomic E-state index is 4.59. The molecule has 0 aliphatic carbocycles. The summed E-state index contributed by atoms with van der Waals surface area (Å²) in [5.74, 6) is 0. The van der Waals surface area contributed by atoms with Gasteiger partial charge in [0.15, 0.2) is 5.49 Å². The Balaban J connectivity index is 0.000000531. The van der Waals surface area contributed by atoms with Crippen molar-refractivity contribution >= 4 is 6.08 Å². The fourth-order valence-electron chi connectivity index (χ4n) is 1.34. The highest BCUT2D eigenvalue weighted by Gasteiger charge is 2.17. The Bertz CT molecular complexity index is 442. The molecule has 0 spiro atoms. The highest BCUT2D eigenvalue weighted by Crippen LogP contribution is 2.16. The van der Waals surface area contributed by atoms with E-state index in [1.807, 2.05) is 26.0 Å². The van der Waals surface area contributed by atoms with Gasteiger partial charge in [-0.15, -0.1) is 0 Å². The van der Waals surface area contributed by atoms with Gasteiger partial charge in [-0.25, -0.2) is 4.98 Å². The monoisotopic (exact) mass is 205 g/mol. The first-order chi connectivity index (χ1) is 7.23. The third kappa shape index (κ3) is 2.55. The molecule has 0 aromatic carbocycles. The first-order valence-electron chi connectivity index (χ1n) is 5.52. The Labute approximate surface area is 90.7 Å². The SMILES string of the molecule is CC.CCC1(C)C=CC=c2[nH]cnc2=N1. The van der Waals surface area contributed by atoms with E-state index >= 15 is 0 Å². The number of aromatic amines is 1. The summed E-state index contributed by atoms with van der Waals surface area (Å²) in [6.45, 7) is 8.24. The molecule has 3 nitrogen and oxygen atoms in total. The molecule has 1 aliphatic heterocycles. The Kier molecular flexibility index (Phi) is 3.83.